The molecule has 0 aliphatic carbocycles. The lowest BCUT2D eigenvalue weighted by atomic mass is 10.0. The van der Waals surface area contributed by atoms with Crippen LogP contribution in [0.5, 0.6) is 0 Å². The van der Waals surface area contributed by atoms with E-state index in [-0.39, 0.29) is 0 Å². The first-order chi connectivity index (χ1) is 6.20. The van der Waals surface area contributed by atoms with Crippen molar-refractivity contribution in [3.05, 3.63) is 16.6 Å². The number of nitrogens with zero attached hydrogens (tertiary/aromatic N) is 1. The summed E-state index contributed by atoms with van der Waals surface area (Å²) in [6.45, 7) is 4.34. The minimum absolute atomic E-state index is 0.319. The van der Waals surface area contributed by atoms with Gasteiger partial charge in [-0.3, -0.25) is 0 Å². The van der Waals surface area contributed by atoms with Gasteiger partial charge in [0.05, 0.1) is 5.01 Å². The summed E-state index contributed by atoms with van der Waals surface area (Å²) < 4.78 is 0. The Hall–Kier alpha value is -0.0800. The van der Waals surface area contributed by atoms with Gasteiger partial charge in [-0.05, 0) is 25.2 Å². The summed E-state index contributed by atoms with van der Waals surface area (Å²) >= 11 is 7.87. The highest BCUT2D eigenvalue weighted by Crippen LogP contribution is 2.17. The molecular formula is C10H16ClNS. The zero-order valence-corrected chi connectivity index (χ0v) is 9.74. The molecule has 0 bridgehead atoms. The molecule has 0 amide bonds. The Morgan fingerprint density at radius 2 is 2.31 bits per heavy atom. The minimum atomic E-state index is 0.319. The summed E-state index contributed by atoms with van der Waals surface area (Å²) in [4.78, 5) is 4.23. The molecule has 0 saturated heterocycles. The van der Waals surface area contributed by atoms with E-state index in [0.717, 1.165) is 19.3 Å². The first-order valence-electron chi connectivity index (χ1n) is 4.72. The molecule has 0 aromatic carbocycles. The molecule has 0 fully saturated rings. The van der Waals surface area contributed by atoms with Gasteiger partial charge in [0, 0.05) is 17.0 Å². The molecule has 1 heterocycles. The van der Waals surface area contributed by atoms with Gasteiger partial charge in [-0.1, -0.05) is 13.8 Å². The predicted octanol–water partition coefficient (Wildman–Crippen LogP) is 3.73. The van der Waals surface area contributed by atoms with Crippen LogP contribution in [0, 0.1) is 5.92 Å². The topological polar surface area (TPSA) is 12.9 Å². The average molecular weight is 218 g/mol. The normalized spacial score (nSPS) is 13.5. The predicted molar refractivity (Wildman–Crippen MR) is 59.5 cm³/mol. The van der Waals surface area contributed by atoms with Crippen molar-refractivity contribution in [3.63, 3.8) is 0 Å². The van der Waals surface area contributed by atoms with E-state index in [1.807, 2.05) is 11.6 Å². The van der Waals surface area contributed by atoms with Crippen LogP contribution in [-0.4, -0.2) is 10.4 Å². The molecule has 1 aromatic heterocycles. The van der Waals surface area contributed by atoms with Gasteiger partial charge >= 0.3 is 0 Å². The first-order valence-corrected chi connectivity index (χ1v) is 6.04. The lowest BCUT2D eigenvalue weighted by Crippen LogP contribution is -2.07. The number of alkyl halides is 1. The third kappa shape index (κ3) is 4.10. The van der Waals surface area contributed by atoms with E-state index in [1.54, 1.807) is 11.3 Å². The van der Waals surface area contributed by atoms with E-state index in [1.165, 1.54) is 5.01 Å². The van der Waals surface area contributed by atoms with Gasteiger partial charge in [-0.15, -0.1) is 22.9 Å². The summed E-state index contributed by atoms with van der Waals surface area (Å²) in [5.41, 5.74) is 0. The van der Waals surface area contributed by atoms with E-state index in [2.05, 4.69) is 18.8 Å². The number of hydrogen-bond donors (Lipinski definition) is 0. The molecule has 0 saturated carbocycles. The van der Waals surface area contributed by atoms with Crippen LogP contribution < -0.4 is 0 Å². The molecular weight excluding hydrogens is 202 g/mol. The highest BCUT2D eigenvalue weighted by atomic mass is 35.5. The monoisotopic (exact) mass is 217 g/mol. The largest absolute Gasteiger partial charge is 0.250 e. The lowest BCUT2D eigenvalue weighted by molar-refractivity contribution is 0.547. The van der Waals surface area contributed by atoms with Crippen molar-refractivity contribution < 1.29 is 0 Å². The van der Waals surface area contributed by atoms with Gasteiger partial charge in [-0.25, -0.2) is 4.98 Å². The zero-order chi connectivity index (χ0) is 9.68. The van der Waals surface area contributed by atoms with Crippen LogP contribution in [0.3, 0.4) is 0 Å². The van der Waals surface area contributed by atoms with E-state index in [4.69, 9.17) is 11.6 Å². The molecule has 74 valence electrons. The standard InChI is InChI=1S/C10H16ClNS/c1-8(2)9(11)4-3-5-10-12-6-7-13-10/h6-9H,3-5H2,1-2H3. The summed E-state index contributed by atoms with van der Waals surface area (Å²) in [5, 5.41) is 3.57. The molecule has 1 nitrogen and oxygen atoms in total. The fourth-order valence-corrected chi connectivity index (χ4v) is 1.98. The number of thiazole rings is 1. The highest BCUT2D eigenvalue weighted by Gasteiger charge is 2.08. The molecule has 0 spiro atoms. The highest BCUT2D eigenvalue weighted by molar-refractivity contribution is 7.09. The summed E-state index contributed by atoms with van der Waals surface area (Å²) in [6.07, 6.45) is 5.19. The second kappa shape index (κ2) is 5.61. The fourth-order valence-electron chi connectivity index (χ4n) is 1.16. The second-order valence-corrected chi connectivity index (χ2v) is 5.12. The molecule has 0 N–H and O–H groups in total. The van der Waals surface area contributed by atoms with Gasteiger partial charge < -0.3 is 0 Å². The van der Waals surface area contributed by atoms with Gasteiger partial charge in [0.15, 0.2) is 0 Å². The van der Waals surface area contributed by atoms with Crippen molar-refractivity contribution in [2.75, 3.05) is 0 Å². The molecule has 13 heavy (non-hydrogen) atoms. The number of rotatable bonds is 5. The van der Waals surface area contributed by atoms with Gasteiger partial charge in [0.25, 0.3) is 0 Å². The smallest absolute Gasteiger partial charge is 0.0924 e. The average Bonchev–Trinajstić information content (AvgIpc) is 2.56. The quantitative estimate of drug-likeness (QED) is 0.685. The van der Waals surface area contributed by atoms with Crippen LogP contribution in [0.4, 0.5) is 0 Å². The Morgan fingerprint density at radius 3 is 2.85 bits per heavy atom. The lowest BCUT2D eigenvalue weighted by Gasteiger charge is -2.11. The zero-order valence-electron chi connectivity index (χ0n) is 8.16. The number of aromatic nitrogens is 1. The van der Waals surface area contributed by atoms with Crippen molar-refractivity contribution in [2.45, 2.75) is 38.5 Å². The third-order valence-electron chi connectivity index (χ3n) is 2.08. The van der Waals surface area contributed by atoms with Gasteiger partial charge in [-0.2, -0.15) is 0 Å². The maximum atomic E-state index is 6.14. The van der Waals surface area contributed by atoms with Gasteiger partial charge in [0.2, 0.25) is 0 Å². The number of hydrogen-bond acceptors (Lipinski definition) is 2. The molecule has 1 atom stereocenters. The molecule has 3 heteroatoms. The molecule has 1 rings (SSSR count). The van der Waals surface area contributed by atoms with Crippen molar-refractivity contribution in [1.29, 1.82) is 0 Å². The molecule has 0 aliphatic rings. The fraction of sp³-hybridized carbons (Fsp3) is 0.700. The van der Waals surface area contributed by atoms with E-state index < -0.39 is 0 Å². The SMILES string of the molecule is CC(C)C(Cl)CCCc1nccs1. The van der Waals surface area contributed by atoms with Crippen molar-refractivity contribution in [2.24, 2.45) is 5.92 Å². The maximum absolute atomic E-state index is 6.14. The second-order valence-electron chi connectivity index (χ2n) is 3.58. The van der Waals surface area contributed by atoms with Crippen molar-refractivity contribution in [3.8, 4) is 0 Å². The van der Waals surface area contributed by atoms with E-state index >= 15 is 0 Å². The Balaban J connectivity index is 2.14. The third-order valence-corrected chi connectivity index (χ3v) is 3.64. The van der Waals surface area contributed by atoms with Crippen LogP contribution in [0.15, 0.2) is 11.6 Å². The summed E-state index contributed by atoms with van der Waals surface area (Å²) in [7, 11) is 0. The Labute approximate surface area is 89.1 Å². The van der Waals surface area contributed by atoms with E-state index in [9.17, 15) is 0 Å². The molecule has 1 unspecified atom stereocenters. The Bertz CT molecular complexity index is 221. The van der Waals surface area contributed by atoms with Crippen molar-refractivity contribution in [1.82, 2.24) is 4.98 Å². The molecule has 0 aliphatic heterocycles. The molecule has 1 aromatic rings. The molecule has 0 radical (unpaired) electrons. The maximum Gasteiger partial charge on any atom is 0.0924 e. The van der Waals surface area contributed by atoms with Crippen LogP contribution >= 0.6 is 22.9 Å². The van der Waals surface area contributed by atoms with Crippen molar-refractivity contribution >= 4 is 22.9 Å². The Morgan fingerprint density at radius 1 is 1.54 bits per heavy atom. The number of aryl methyl sites for hydroxylation is 1. The van der Waals surface area contributed by atoms with Crippen LogP contribution in [0.25, 0.3) is 0 Å². The van der Waals surface area contributed by atoms with Gasteiger partial charge in [0.1, 0.15) is 0 Å². The number of halogens is 1. The van der Waals surface area contributed by atoms with Crippen LogP contribution in [0.2, 0.25) is 0 Å². The van der Waals surface area contributed by atoms with E-state index in [0.29, 0.717) is 11.3 Å². The minimum Gasteiger partial charge on any atom is -0.250 e. The Kier molecular flexibility index (Phi) is 4.74. The summed E-state index contributed by atoms with van der Waals surface area (Å²) in [6, 6.07) is 0. The summed E-state index contributed by atoms with van der Waals surface area (Å²) in [5.74, 6) is 0.581. The van der Waals surface area contributed by atoms with Crippen LogP contribution in [0.1, 0.15) is 31.7 Å². The first kappa shape index (κ1) is 11.0. The van der Waals surface area contributed by atoms with Crippen LogP contribution in [-0.2, 0) is 6.42 Å².